The molecule has 4 rings (SSSR count). The van der Waals surface area contributed by atoms with Gasteiger partial charge in [0.15, 0.2) is 5.78 Å². The largest absolute Gasteiger partial charge is 0.384 e. The maximum absolute atomic E-state index is 13.4. The van der Waals surface area contributed by atoms with E-state index in [1.54, 1.807) is 0 Å². The first kappa shape index (κ1) is 18.4. The van der Waals surface area contributed by atoms with E-state index in [1.165, 1.54) is 37.0 Å². The minimum Gasteiger partial charge on any atom is -0.384 e. The van der Waals surface area contributed by atoms with Crippen LogP contribution in [0.15, 0.2) is 60.7 Å². The Kier molecular flexibility index (Phi) is 5.42. The molecule has 3 atom stereocenters. The van der Waals surface area contributed by atoms with Gasteiger partial charge in [-0.2, -0.15) is 0 Å². The highest BCUT2D eigenvalue weighted by molar-refractivity contribution is 5.98. The van der Waals surface area contributed by atoms with Crippen LogP contribution in [-0.2, 0) is 5.60 Å². The predicted molar refractivity (Wildman–Crippen MR) is 107 cm³/mol. The van der Waals surface area contributed by atoms with Crippen molar-refractivity contribution in [3.05, 3.63) is 71.8 Å². The molecular formula is C24H30NO2+. The van der Waals surface area contributed by atoms with E-state index < -0.39 is 11.5 Å². The van der Waals surface area contributed by atoms with Crippen LogP contribution in [0.3, 0.4) is 0 Å². The van der Waals surface area contributed by atoms with Crippen molar-refractivity contribution < 1.29 is 14.8 Å². The summed E-state index contributed by atoms with van der Waals surface area (Å²) in [5.74, 6) is -0.317. The fraction of sp³-hybridized carbons (Fsp3) is 0.458. The van der Waals surface area contributed by atoms with Crippen LogP contribution >= 0.6 is 0 Å². The monoisotopic (exact) mass is 364 g/mol. The highest BCUT2D eigenvalue weighted by atomic mass is 16.3. The van der Waals surface area contributed by atoms with Gasteiger partial charge >= 0.3 is 0 Å². The minimum absolute atomic E-state index is 0.0787. The molecule has 3 nitrogen and oxygen atoms in total. The lowest BCUT2D eigenvalue weighted by molar-refractivity contribution is -0.936. The van der Waals surface area contributed by atoms with Crippen LogP contribution in [0.4, 0.5) is 0 Å². The summed E-state index contributed by atoms with van der Waals surface area (Å²) in [7, 11) is 0. The Balaban J connectivity index is 1.66. The van der Waals surface area contributed by atoms with E-state index in [1.807, 2.05) is 60.7 Å². The Morgan fingerprint density at radius 3 is 2.22 bits per heavy atom. The standard InChI is InChI=1S/C24H29NO2/c26-23(19-10-4-1-5-11-19)22-18-25(21-14-8-3-9-15-21)17-16-24(22,27)20-12-6-2-7-13-20/h1-2,4-7,10-13,21-22,27H,3,8-9,14-18H2/p+1/t22-,24+/m1/s1. The molecule has 1 heterocycles. The van der Waals surface area contributed by atoms with Gasteiger partial charge in [-0.05, 0) is 31.2 Å². The third kappa shape index (κ3) is 3.71. The van der Waals surface area contributed by atoms with Crippen LogP contribution in [0.2, 0.25) is 0 Å². The van der Waals surface area contributed by atoms with E-state index in [2.05, 4.69) is 0 Å². The Morgan fingerprint density at radius 2 is 1.56 bits per heavy atom. The topological polar surface area (TPSA) is 41.7 Å². The number of piperidine rings is 1. The van der Waals surface area contributed by atoms with Crippen molar-refractivity contribution in [2.75, 3.05) is 13.1 Å². The molecule has 1 aliphatic heterocycles. The highest BCUT2D eigenvalue weighted by Gasteiger charge is 2.50. The summed E-state index contributed by atoms with van der Waals surface area (Å²) in [5.41, 5.74) is 0.510. The van der Waals surface area contributed by atoms with E-state index in [4.69, 9.17) is 0 Å². The molecule has 0 bridgehead atoms. The number of hydrogen-bond donors (Lipinski definition) is 2. The molecule has 1 saturated heterocycles. The zero-order valence-corrected chi connectivity index (χ0v) is 15.9. The summed E-state index contributed by atoms with van der Waals surface area (Å²) in [6.07, 6.45) is 7.09. The Bertz CT molecular complexity index is 754. The number of ketones is 1. The summed E-state index contributed by atoms with van der Waals surface area (Å²) >= 11 is 0. The molecule has 1 unspecified atom stereocenters. The molecular weight excluding hydrogens is 334 g/mol. The molecule has 142 valence electrons. The summed E-state index contributed by atoms with van der Waals surface area (Å²) in [6.45, 7) is 1.67. The summed E-state index contributed by atoms with van der Waals surface area (Å²) in [4.78, 5) is 15.0. The number of likely N-dealkylation sites (tertiary alicyclic amines) is 1. The fourth-order valence-corrected chi connectivity index (χ4v) is 5.13. The van der Waals surface area contributed by atoms with Crippen molar-refractivity contribution >= 4 is 5.78 Å². The van der Waals surface area contributed by atoms with Crippen molar-refractivity contribution in [1.82, 2.24) is 0 Å². The Labute approximate surface area is 162 Å². The maximum atomic E-state index is 13.4. The number of carbonyl (C=O) groups is 1. The predicted octanol–water partition coefficient (Wildman–Crippen LogP) is 2.99. The molecule has 2 aromatic rings. The van der Waals surface area contributed by atoms with Gasteiger partial charge in [-0.15, -0.1) is 0 Å². The van der Waals surface area contributed by atoms with Gasteiger partial charge in [-0.25, -0.2) is 0 Å². The van der Waals surface area contributed by atoms with Gasteiger partial charge in [0.05, 0.1) is 19.1 Å². The molecule has 1 saturated carbocycles. The lowest BCUT2D eigenvalue weighted by Gasteiger charge is -2.45. The number of aliphatic hydroxyl groups is 1. The second kappa shape index (κ2) is 7.95. The molecule has 0 aromatic heterocycles. The summed E-state index contributed by atoms with van der Waals surface area (Å²) < 4.78 is 0. The first-order valence-corrected chi connectivity index (χ1v) is 10.4. The Hall–Kier alpha value is -1.97. The lowest BCUT2D eigenvalue weighted by Crippen LogP contribution is -3.18. The lowest BCUT2D eigenvalue weighted by atomic mass is 9.72. The molecule has 0 spiro atoms. The number of benzene rings is 2. The van der Waals surface area contributed by atoms with Gasteiger partial charge in [-0.3, -0.25) is 4.79 Å². The molecule has 0 radical (unpaired) electrons. The van der Waals surface area contributed by atoms with Crippen molar-refractivity contribution in [3.8, 4) is 0 Å². The molecule has 27 heavy (non-hydrogen) atoms. The molecule has 2 N–H and O–H groups in total. The number of rotatable bonds is 4. The zero-order valence-electron chi connectivity index (χ0n) is 15.9. The second-order valence-electron chi connectivity index (χ2n) is 8.27. The van der Waals surface area contributed by atoms with Gasteiger partial charge in [0.2, 0.25) is 0 Å². The highest BCUT2D eigenvalue weighted by Crippen LogP contribution is 2.36. The normalized spacial score (nSPS) is 29.4. The van der Waals surface area contributed by atoms with Crippen molar-refractivity contribution in [2.45, 2.75) is 50.2 Å². The van der Waals surface area contributed by atoms with Crippen LogP contribution in [0.5, 0.6) is 0 Å². The quantitative estimate of drug-likeness (QED) is 0.819. The molecule has 2 fully saturated rings. The van der Waals surface area contributed by atoms with E-state index >= 15 is 0 Å². The van der Waals surface area contributed by atoms with Crippen LogP contribution in [0.25, 0.3) is 0 Å². The summed E-state index contributed by atoms with van der Waals surface area (Å²) in [6, 6.07) is 20.0. The number of nitrogens with one attached hydrogen (secondary N) is 1. The van der Waals surface area contributed by atoms with Crippen molar-refractivity contribution in [1.29, 1.82) is 0 Å². The van der Waals surface area contributed by atoms with Crippen LogP contribution in [0, 0.1) is 5.92 Å². The number of quaternary nitrogens is 1. The second-order valence-corrected chi connectivity index (χ2v) is 8.27. The first-order chi connectivity index (χ1) is 13.2. The summed E-state index contributed by atoms with van der Waals surface area (Å²) in [5, 5.41) is 11.7. The minimum atomic E-state index is -1.08. The molecule has 1 aliphatic carbocycles. The van der Waals surface area contributed by atoms with E-state index in [0.29, 0.717) is 18.0 Å². The number of carbonyl (C=O) groups excluding carboxylic acids is 1. The molecule has 0 amide bonds. The SMILES string of the molecule is O=C(c1ccccc1)[C@H]1C[NH+](C2CCCCC2)CC[C@]1(O)c1ccccc1. The van der Waals surface area contributed by atoms with Crippen LogP contribution in [0.1, 0.15) is 54.4 Å². The first-order valence-electron chi connectivity index (χ1n) is 10.4. The molecule has 2 aromatic carbocycles. The molecule has 3 heteroatoms. The third-order valence-corrected chi connectivity index (χ3v) is 6.70. The smallest absolute Gasteiger partial charge is 0.174 e. The van der Waals surface area contributed by atoms with E-state index in [-0.39, 0.29) is 5.78 Å². The third-order valence-electron chi connectivity index (χ3n) is 6.70. The number of Topliss-reactive ketones (excluding diaryl/α,β-unsaturated/α-hetero) is 1. The Morgan fingerprint density at radius 1 is 0.926 bits per heavy atom. The average molecular weight is 365 g/mol. The van der Waals surface area contributed by atoms with Gasteiger partial charge in [-0.1, -0.05) is 67.1 Å². The average Bonchev–Trinajstić information content (AvgIpc) is 2.75. The van der Waals surface area contributed by atoms with Gasteiger partial charge in [0, 0.05) is 12.0 Å². The maximum Gasteiger partial charge on any atom is 0.174 e. The van der Waals surface area contributed by atoms with Crippen LogP contribution < -0.4 is 4.90 Å². The number of hydrogen-bond acceptors (Lipinski definition) is 2. The van der Waals surface area contributed by atoms with Gasteiger partial charge in [0.1, 0.15) is 11.5 Å². The zero-order chi connectivity index (χ0) is 18.7. The van der Waals surface area contributed by atoms with E-state index in [9.17, 15) is 9.90 Å². The van der Waals surface area contributed by atoms with Crippen molar-refractivity contribution in [3.63, 3.8) is 0 Å². The van der Waals surface area contributed by atoms with E-state index in [0.717, 1.165) is 18.7 Å². The fourth-order valence-electron chi connectivity index (χ4n) is 5.13. The van der Waals surface area contributed by atoms with Crippen molar-refractivity contribution in [2.24, 2.45) is 5.92 Å². The van der Waals surface area contributed by atoms with Gasteiger partial charge in [0.25, 0.3) is 0 Å². The van der Waals surface area contributed by atoms with Gasteiger partial charge < -0.3 is 10.0 Å². The molecule has 2 aliphatic rings. The van der Waals surface area contributed by atoms with Crippen LogP contribution in [-0.4, -0.2) is 30.0 Å².